The van der Waals surface area contributed by atoms with E-state index in [-0.39, 0.29) is 11.9 Å². The molecule has 23 heavy (non-hydrogen) atoms. The van der Waals surface area contributed by atoms with Gasteiger partial charge in [-0.15, -0.1) is 0 Å². The minimum atomic E-state index is -0.748. The average molecular weight is 314 g/mol. The highest BCUT2D eigenvalue weighted by atomic mass is 16.6. The van der Waals surface area contributed by atoms with E-state index in [1.165, 1.54) is 0 Å². The van der Waals surface area contributed by atoms with Gasteiger partial charge in [0.05, 0.1) is 17.8 Å². The van der Waals surface area contributed by atoms with Gasteiger partial charge in [-0.25, -0.2) is 9.78 Å². The van der Waals surface area contributed by atoms with E-state index in [1.54, 1.807) is 24.8 Å². The van der Waals surface area contributed by atoms with Crippen molar-refractivity contribution in [3.05, 3.63) is 54.1 Å². The normalized spacial score (nSPS) is 25.2. The quantitative estimate of drug-likeness (QED) is 0.790. The lowest BCUT2D eigenvalue weighted by atomic mass is 9.75. The number of carbonyl (C=O) groups excluding carboxylic acids is 1. The van der Waals surface area contributed by atoms with Crippen LogP contribution in [0.2, 0.25) is 0 Å². The van der Waals surface area contributed by atoms with Crippen molar-refractivity contribution in [2.24, 2.45) is 5.92 Å². The van der Waals surface area contributed by atoms with Crippen LogP contribution in [-0.4, -0.2) is 27.0 Å². The fourth-order valence-corrected chi connectivity index (χ4v) is 3.26. The first kappa shape index (κ1) is 15.3. The molecule has 1 aliphatic heterocycles. The van der Waals surface area contributed by atoms with Gasteiger partial charge in [0.15, 0.2) is 0 Å². The van der Waals surface area contributed by atoms with Crippen LogP contribution in [0.15, 0.2) is 43.0 Å². The van der Waals surface area contributed by atoms with Gasteiger partial charge in [-0.05, 0) is 31.7 Å². The van der Waals surface area contributed by atoms with E-state index in [1.807, 2.05) is 18.2 Å². The van der Waals surface area contributed by atoms with Gasteiger partial charge in [0.2, 0.25) is 0 Å². The molecule has 2 heterocycles. The minimum Gasteiger partial charge on any atom is -0.481 e. The number of aromatic amines is 1. The van der Waals surface area contributed by atoms with Gasteiger partial charge >= 0.3 is 11.9 Å². The molecule has 4 rings (SSSR count). The Labute approximate surface area is 133 Å². The molecule has 1 aromatic heterocycles. The molecule has 2 N–H and O–H groups in total. The highest BCUT2D eigenvalue weighted by Gasteiger charge is 2.48. The van der Waals surface area contributed by atoms with Gasteiger partial charge in [-0.1, -0.05) is 18.2 Å². The Morgan fingerprint density at radius 3 is 2.61 bits per heavy atom. The van der Waals surface area contributed by atoms with Crippen LogP contribution >= 0.6 is 0 Å². The summed E-state index contributed by atoms with van der Waals surface area (Å²) in [5.74, 6) is -1.33. The second-order valence-corrected chi connectivity index (χ2v) is 5.80. The van der Waals surface area contributed by atoms with Gasteiger partial charge in [-0.2, -0.15) is 0 Å². The third kappa shape index (κ3) is 2.97. The number of nitrogens with one attached hydrogen (secondary N) is 1. The summed E-state index contributed by atoms with van der Waals surface area (Å²) in [5.41, 5.74) is 0.990. The topological polar surface area (TPSA) is 92.3 Å². The zero-order valence-electron chi connectivity index (χ0n) is 12.6. The van der Waals surface area contributed by atoms with Gasteiger partial charge in [0.25, 0.3) is 0 Å². The predicted octanol–water partition coefficient (Wildman–Crippen LogP) is 2.74. The molecule has 120 valence electrons. The summed E-state index contributed by atoms with van der Waals surface area (Å²) in [6, 6.07) is 7.41. The van der Waals surface area contributed by atoms with Crippen LogP contribution in [0.5, 0.6) is 0 Å². The predicted molar refractivity (Wildman–Crippen MR) is 81.7 cm³/mol. The summed E-state index contributed by atoms with van der Waals surface area (Å²) >= 11 is 0. The molecule has 1 aromatic carbocycles. The summed E-state index contributed by atoms with van der Waals surface area (Å²) in [6.07, 6.45) is 7.42. The number of aromatic nitrogens is 2. The largest absolute Gasteiger partial charge is 0.481 e. The van der Waals surface area contributed by atoms with E-state index in [0.29, 0.717) is 31.2 Å². The number of ether oxygens (including phenoxy) is 1. The van der Waals surface area contributed by atoms with Gasteiger partial charge in [0.1, 0.15) is 5.60 Å². The van der Waals surface area contributed by atoms with Crippen LogP contribution in [0.1, 0.15) is 41.6 Å². The van der Waals surface area contributed by atoms with Gasteiger partial charge < -0.3 is 14.8 Å². The van der Waals surface area contributed by atoms with Crippen molar-refractivity contribution in [2.45, 2.75) is 31.3 Å². The monoisotopic (exact) mass is 314 g/mol. The number of imidazole rings is 1. The Bertz CT molecular complexity index is 671. The van der Waals surface area contributed by atoms with Crippen LogP contribution in [0.4, 0.5) is 0 Å². The zero-order valence-corrected chi connectivity index (χ0v) is 12.6. The standard InChI is InChI=1S/C14H14O4.C3H4N2/c15-12(16)9-5-7-14(8-6-9)11-4-2-1-3-10(11)13(17)18-14;1-2-5-3-4-1/h1-4,9H,5-8H2,(H,15,16);1-3H,(H,4,5). The fraction of sp³-hybridized carbons (Fsp3) is 0.353. The number of carboxylic acids is 1. The van der Waals surface area contributed by atoms with Crippen molar-refractivity contribution < 1.29 is 19.4 Å². The lowest BCUT2D eigenvalue weighted by Crippen LogP contribution is -2.34. The van der Waals surface area contributed by atoms with Crippen molar-refractivity contribution in [1.82, 2.24) is 9.97 Å². The van der Waals surface area contributed by atoms with E-state index >= 15 is 0 Å². The molecular weight excluding hydrogens is 296 g/mol. The van der Waals surface area contributed by atoms with Crippen molar-refractivity contribution in [3.63, 3.8) is 0 Å². The molecule has 0 bridgehead atoms. The molecule has 1 saturated carbocycles. The van der Waals surface area contributed by atoms with Crippen LogP contribution in [0.3, 0.4) is 0 Å². The number of hydrogen-bond donors (Lipinski definition) is 2. The Hall–Kier alpha value is -2.63. The molecule has 0 amide bonds. The number of carboxylic acid groups (broad SMARTS) is 1. The van der Waals surface area contributed by atoms with Crippen LogP contribution < -0.4 is 0 Å². The van der Waals surface area contributed by atoms with Crippen molar-refractivity contribution in [3.8, 4) is 0 Å². The molecular formula is C17H18N2O4. The minimum absolute atomic E-state index is 0.278. The number of esters is 1. The Morgan fingerprint density at radius 2 is 2.04 bits per heavy atom. The number of aliphatic carboxylic acids is 1. The van der Waals surface area contributed by atoms with Gasteiger partial charge in [-0.3, -0.25) is 4.79 Å². The molecule has 0 atom stereocenters. The van der Waals surface area contributed by atoms with E-state index in [2.05, 4.69) is 9.97 Å². The Balaban J connectivity index is 0.000000267. The third-order valence-electron chi connectivity index (χ3n) is 4.47. The van der Waals surface area contributed by atoms with Crippen molar-refractivity contribution in [2.75, 3.05) is 0 Å². The Kier molecular flexibility index (Phi) is 4.14. The second-order valence-electron chi connectivity index (χ2n) is 5.80. The van der Waals surface area contributed by atoms with E-state index in [0.717, 1.165) is 5.56 Å². The van der Waals surface area contributed by atoms with E-state index in [4.69, 9.17) is 9.84 Å². The van der Waals surface area contributed by atoms with Crippen LogP contribution in [0, 0.1) is 5.92 Å². The zero-order chi connectivity index (χ0) is 16.3. The smallest absolute Gasteiger partial charge is 0.339 e. The van der Waals surface area contributed by atoms with E-state index in [9.17, 15) is 9.59 Å². The highest BCUT2D eigenvalue weighted by molar-refractivity contribution is 5.94. The maximum atomic E-state index is 11.8. The SMILES string of the molecule is O=C1OC2(CCC(C(=O)O)CC2)c2ccccc21.c1c[nH]cn1. The average Bonchev–Trinajstić information content (AvgIpc) is 3.21. The number of benzene rings is 1. The molecule has 1 fully saturated rings. The molecule has 6 heteroatoms. The number of rotatable bonds is 1. The first-order valence-corrected chi connectivity index (χ1v) is 7.61. The highest BCUT2D eigenvalue weighted by Crippen LogP contribution is 2.47. The molecule has 0 unspecified atom stereocenters. The van der Waals surface area contributed by atoms with Crippen molar-refractivity contribution >= 4 is 11.9 Å². The number of nitrogens with zero attached hydrogens (tertiary/aromatic N) is 1. The first-order chi connectivity index (χ1) is 11.1. The summed E-state index contributed by atoms with van der Waals surface area (Å²) in [6.45, 7) is 0. The molecule has 6 nitrogen and oxygen atoms in total. The molecule has 1 spiro atoms. The fourth-order valence-electron chi connectivity index (χ4n) is 3.26. The molecule has 0 saturated heterocycles. The second kappa shape index (κ2) is 6.24. The molecule has 2 aromatic rings. The lowest BCUT2D eigenvalue weighted by molar-refractivity contribution is -0.144. The maximum Gasteiger partial charge on any atom is 0.339 e. The van der Waals surface area contributed by atoms with Crippen LogP contribution in [-0.2, 0) is 15.1 Å². The molecule has 2 aliphatic rings. The summed E-state index contributed by atoms with van der Waals surface area (Å²) in [4.78, 5) is 29.2. The maximum absolute atomic E-state index is 11.8. The van der Waals surface area contributed by atoms with Crippen LogP contribution in [0.25, 0.3) is 0 Å². The number of fused-ring (bicyclic) bond motifs is 2. The lowest BCUT2D eigenvalue weighted by Gasteiger charge is -2.35. The third-order valence-corrected chi connectivity index (χ3v) is 4.47. The summed E-state index contributed by atoms with van der Waals surface area (Å²) in [5, 5.41) is 9.01. The van der Waals surface area contributed by atoms with Gasteiger partial charge in [0, 0.05) is 18.0 Å². The first-order valence-electron chi connectivity index (χ1n) is 7.61. The number of H-pyrrole nitrogens is 1. The van der Waals surface area contributed by atoms with E-state index < -0.39 is 11.6 Å². The number of hydrogen-bond acceptors (Lipinski definition) is 4. The Morgan fingerprint density at radius 1 is 1.30 bits per heavy atom. The molecule has 1 aliphatic carbocycles. The molecule has 0 radical (unpaired) electrons. The summed E-state index contributed by atoms with van der Waals surface area (Å²) < 4.78 is 5.56. The number of carbonyl (C=O) groups is 2. The summed E-state index contributed by atoms with van der Waals surface area (Å²) in [7, 11) is 0. The van der Waals surface area contributed by atoms with Crippen molar-refractivity contribution in [1.29, 1.82) is 0 Å².